The van der Waals surface area contributed by atoms with Crippen LogP contribution in [0.5, 0.6) is 0 Å². The number of fused-ring (bicyclic) bond motifs is 2. The fourth-order valence-electron chi connectivity index (χ4n) is 3.43. The zero-order valence-electron chi connectivity index (χ0n) is 9.97. The summed E-state index contributed by atoms with van der Waals surface area (Å²) in [5, 5.41) is 0. The molecule has 84 valence electrons. The Morgan fingerprint density at radius 2 is 1.69 bits per heavy atom. The normalized spacial score (nSPS) is 36.6. The minimum absolute atomic E-state index is 0.763. The Kier molecular flexibility index (Phi) is 2.36. The third-order valence-corrected chi connectivity index (χ3v) is 4.44. The second-order valence-corrected chi connectivity index (χ2v) is 5.44. The smallest absolute Gasteiger partial charge is 0.108 e. The van der Waals surface area contributed by atoms with Gasteiger partial charge in [-0.15, -0.1) is 0 Å². The fraction of sp³-hybridized carbons (Fsp3) is 0.467. The van der Waals surface area contributed by atoms with Crippen LogP contribution in [-0.4, -0.2) is 23.6 Å². The van der Waals surface area contributed by atoms with Crippen molar-refractivity contribution in [2.24, 2.45) is 0 Å². The molecule has 2 aliphatic heterocycles. The van der Waals surface area contributed by atoms with E-state index in [1.165, 1.54) is 35.9 Å². The molecule has 0 N–H and O–H groups in total. The number of quaternary nitrogens is 1. The molecule has 2 heterocycles. The summed E-state index contributed by atoms with van der Waals surface area (Å²) in [6, 6.07) is 12.5. The molecule has 16 heavy (non-hydrogen) atoms. The highest BCUT2D eigenvalue weighted by atomic mass is 15.4. The van der Waals surface area contributed by atoms with Gasteiger partial charge in [0.2, 0.25) is 0 Å². The maximum atomic E-state index is 2.46. The van der Waals surface area contributed by atoms with Crippen LogP contribution >= 0.6 is 0 Å². The van der Waals surface area contributed by atoms with E-state index < -0.39 is 0 Å². The molecular formula is C15H20N+. The van der Waals surface area contributed by atoms with E-state index >= 15 is 0 Å². The second-order valence-electron chi connectivity index (χ2n) is 5.44. The molecule has 0 saturated carbocycles. The SMILES string of the molecule is C[N+]1(Cc2ccccc2)[C@@H]2C=C[C@H]1CCC2. The van der Waals surface area contributed by atoms with Gasteiger partial charge in [0.05, 0.1) is 7.05 Å². The summed E-state index contributed by atoms with van der Waals surface area (Å²) in [5.41, 5.74) is 1.48. The lowest BCUT2D eigenvalue weighted by Crippen LogP contribution is -2.55. The summed E-state index contributed by atoms with van der Waals surface area (Å²) < 4.78 is 1.21. The van der Waals surface area contributed by atoms with E-state index in [2.05, 4.69) is 49.5 Å². The van der Waals surface area contributed by atoms with Gasteiger partial charge in [-0.3, -0.25) is 0 Å². The van der Waals surface area contributed by atoms with Crippen molar-refractivity contribution in [3.8, 4) is 0 Å². The molecule has 1 fully saturated rings. The Morgan fingerprint density at radius 3 is 2.31 bits per heavy atom. The van der Waals surface area contributed by atoms with Gasteiger partial charge in [0.25, 0.3) is 0 Å². The molecule has 0 aromatic heterocycles. The molecule has 3 rings (SSSR count). The molecule has 2 bridgehead atoms. The quantitative estimate of drug-likeness (QED) is 0.524. The summed E-state index contributed by atoms with van der Waals surface area (Å²) in [6.07, 6.45) is 9.07. The van der Waals surface area contributed by atoms with Crippen molar-refractivity contribution in [2.75, 3.05) is 7.05 Å². The Hall–Kier alpha value is -1.08. The van der Waals surface area contributed by atoms with Crippen LogP contribution in [0.3, 0.4) is 0 Å². The average Bonchev–Trinajstić information content (AvgIpc) is 2.52. The van der Waals surface area contributed by atoms with Crippen LogP contribution in [0.1, 0.15) is 24.8 Å². The molecule has 1 nitrogen and oxygen atoms in total. The Morgan fingerprint density at radius 1 is 1.06 bits per heavy atom. The number of rotatable bonds is 2. The van der Waals surface area contributed by atoms with Crippen molar-refractivity contribution in [1.29, 1.82) is 0 Å². The summed E-state index contributed by atoms with van der Waals surface area (Å²) in [5.74, 6) is 0. The van der Waals surface area contributed by atoms with Gasteiger partial charge in [-0.25, -0.2) is 0 Å². The van der Waals surface area contributed by atoms with Gasteiger partial charge in [-0.1, -0.05) is 30.3 Å². The van der Waals surface area contributed by atoms with Crippen molar-refractivity contribution in [3.05, 3.63) is 48.0 Å². The standard InChI is InChI=1S/C15H20N/c1-16(12-13-6-3-2-4-7-13)14-8-5-9-15(16)11-10-14/h2-4,6-7,10-11,14-15H,5,8-9,12H2,1H3/q+1/t14-,15+,16?. The van der Waals surface area contributed by atoms with Gasteiger partial charge in [-0.2, -0.15) is 0 Å². The van der Waals surface area contributed by atoms with E-state index in [9.17, 15) is 0 Å². The van der Waals surface area contributed by atoms with E-state index in [1.807, 2.05) is 0 Å². The third-order valence-electron chi connectivity index (χ3n) is 4.44. The van der Waals surface area contributed by atoms with Crippen molar-refractivity contribution >= 4 is 0 Å². The molecule has 1 heteroatoms. The lowest BCUT2D eigenvalue weighted by atomic mass is 9.97. The van der Waals surface area contributed by atoms with Crippen LogP contribution in [-0.2, 0) is 6.54 Å². The summed E-state index contributed by atoms with van der Waals surface area (Å²) in [7, 11) is 2.43. The molecule has 1 unspecified atom stereocenters. The molecule has 3 atom stereocenters. The highest BCUT2D eigenvalue weighted by molar-refractivity contribution is 5.15. The van der Waals surface area contributed by atoms with E-state index in [0.29, 0.717) is 0 Å². The first-order chi connectivity index (χ1) is 7.79. The van der Waals surface area contributed by atoms with Crippen LogP contribution in [0.4, 0.5) is 0 Å². The van der Waals surface area contributed by atoms with Crippen LogP contribution < -0.4 is 0 Å². The minimum atomic E-state index is 0.763. The average molecular weight is 214 g/mol. The molecule has 0 radical (unpaired) electrons. The zero-order chi connectivity index (χ0) is 11.0. The maximum Gasteiger partial charge on any atom is 0.108 e. The first-order valence-corrected chi connectivity index (χ1v) is 6.36. The van der Waals surface area contributed by atoms with Crippen molar-refractivity contribution in [2.45, 2.75) is 37.9 Å². The molecule has 1 aromatic rings. The Labute approximate surface area is 98.0 Å². The van der Waals surface area contributed by atoms with Gasteiger partial charge >= 0.3 is 0 Å². The van der Waals surface area contributed by atoms with Crippen molar-refractivity contribution in [3.63, 3.8) is 0 Å². The molecule has 2 aliphatic rings. The number of nitrogens with zero attached hydrogens (tertiary/aromatic N) is 1. The number of benzene rings is 1. The van der Waals surface area contributed by atoms with E-state index in [-0.39, 0.29) is 0 Å². The largest absolute Gasteiger partial charge is 0.311 e. The van der Waals surface area contributed by atoms with Gasteiger partial charge in [0, 0.05) is 18.4 Å². The number of hydrogen-bond donors (Lipinski definition) is 0. The first-order valence-electron chi connectivity index (χ1n) is 6.36. The summed E-state index contributed by atoms with van der Waals surface area (Å²) >= 11 is 0. The zero-order valence-corrected chi connectivity index (χ0v) is 9.97. The predicted molar refractivity (Wildman–Crippen MR) is 66.9 cm³/mol. The molecule has 0 amide bonds. The Bertz CT molecular complexity index is 379. The van der Waals surface area contributed by atoms with Gasteiger partial charge < -0.3 is 4.48 Å². The molecule has 1 aromatic carbocycles. The van der Waals surface area contributed by atoms with Gasteiger partial charge in [0.1, 0.15) is 18.6 Å². The molecule has 0 spiro atoms. The highest BCUT2D eigenvalue weighted by Crippen LogP contribution is 2.37. The first kappa shape index (κ1) is 10.1. The molecule has 1 saturated heterocycles. The lowest BCUT2D eigenvalue weighted by molar-refractivity contribution is -0.956. The fourth-order valence-corrected chi connectivity index (χ4v) is 3.43. The van der Waals surface area contributed by atoms with Crippen LogP contribution in [0.25, 0.3) is 0 Å². The van der Waals surface area contributed by atoms with Gasteiger partial charge in [0.15, 0.2) is 0 Å². The summed E-state index contributed by atoms with van der Waals surface area (Å²) in [6.45, 7) is 1.18. The topological polar surface area (TPSA) is 0 Å². The number of hydrogen-bond acceptors (Lipinski definition) is 0. The minimum Gasteiger partial charge on any atom is -0.311 e. The highest BCUT2D eigenvalue weighted by Gasteiger charge is 2.44. The Balaban J connectivity index is 1.85. The lowest BCUT2D eigenvalue weighted by Gasteiger charge is -2.45. The number of likely N-dealkylation sites (N-methyl/N-ethyl adjacent to an activating group) is 1. The van der Waals surface area contributed by atoms with Crippen LogP contribution in [0.15, 0.2) is 42.5 Å². The van der Waals surface area contributed by atoms with Crippen molar-refractivity contribution < 1.29 is 4.48 Å². The third kappa shape index (κ3) is 1.51. The maximum absolute atomic E-state index is 2.46. The van der Waals surface area contributed by atoms with Crippen molar-refractivity contribution in [1.82, 2.24) is 0 Å². The van der Waals surface area contributed by atoms with E-state index in [0.717, 1.165) is 12.1 Å². The monoisotopic (exact) mass is 214 g/mol. The second kappa shape index (κ2) is 3.74. The molecule has 0 aliphatic carbocycles. The van der Waals surface area contributed by atoms with E-state index in [1.54, 1.807) is 0 Å². The summed E-state index contributed by atoms with van der Waals surface area (Å²) in [4.78, 5) is 0. The van der Waals surface area contributed by atoms with Gasteiger partial charge in [-0.05, 0) is 18.6 Å². The number of piperidine rings is 1. The van der Waals surface area contributed by atoms with E-state index in [4.69, 9.17) is 0 Å². The van der Waals surface area contributed by atoms with Crippen LogP contribution in [0, 0.1) is 0 Å². The predicted octanol–water partition coefficient (Wildman–Crippen LogP) is 3.12. The molecular weight excluding hydrogens is 194 g/mol. The van der Waals surface area contributed by atoms with Crippen LogP contribution in [0.2, 0.25) is 0 Å².